The Balaban J connectivity index is 0.000000745. The van der Waals surface area contributed by atoms with Crippen LogP contribution in [0.4, 0.5) is 13.2 Å². The Bertz CT molecular complexity index is 1440. The number of halogens is 4. The summed E-state index contributed by atoms with van der Waals surface area (Å²) in [6, 6.07) is 11.3. The zero-order valence-corrected chi connectivity index (χ0v) is 23.1. The molecule has 7 N–H and O–H groups in total. The monoisotopic (exact) mass is 665 g/mol. The Morgan fingerprint density at radius 3 is 2.24 bits per heavy atom. The third-order valence-corrected chi connectivity index (χ3v) is 7.63. The van der Waals surface area contributed by atoms with E-state index in [1.54, 1.807) is 30.3 Å². The number of nitrogens with zero attached hydrogens (tertiary/aromatic N) is 1. The second-order valence-corrected chi connectivity index (χ2v) is 10.8. The molecule has 2 aromatic rings. The lowest BCUT2D eigenvalue weighted by Gasteiger charge is -2.17. The highest BCUT2D eigenvalue weighted by atomic mass is 79.9. The van der Waals surface area contributed by atoms with Crippen LogP contribution in [0.15, 0.2) is 63.1 Å². The summed E-state index contributed by atoms with van der Waals surface area (Å²) >= 11 is 3.13. The molecule has 0 aromatic heterocycles. The molecular formula is C23H23BrF3N5O8S. The van der Waals surface area contributed by atoms with Crippen molar-refractivity contribution in [2.45, 2.75) is 36.1 Å². The van der Waals surface area contributed by atoms with Crippen molar-refractivity contribution in [2.75, 3.05) is 6.54 Å². The summed E-state index contributed by atoms with van der Waals surface area (Å²) in [6.45, 7) is -0.454. The lowest BCUT2D eigenvalue weighted by molar-refractivity contribution is -0.192. The third kappa shape index (κ3) is 10.1. The van der Waals surface area contributed by atoms with E-state index in [2.05, 4.69) is 31.1 Å². The van der Waals surface area contributed by atoms with Gasteiger partial charge in [0.15, 0.2) is 0 Å². The SMILES string of the molecule is N=C(N)c1ccc(C2=NO[C@@H](CC(=O)NC[C@H](NS(=O)(=O)c3ccccc3Br)C(=O)O)C2)cc1.O=C(O)C(F)(F)F. The van der Waals surface area contributed by atoms with Crippen LogP contribution in [0.1, 0.15) is 24.0 Å². The number of oxime groups is 1. The number of alkyl halides is 3. The molecule has 1 aliphatic heterocycles. The lowest BCUT2D eigenvalue weighted by atomic mass is 10.0. The normalized spacial score (nSPS) is 15.4. The lowest BCUT2D eigenvalue weighted by Crippen LogP contribution is -2.48. The van der Waals surface area contributed by atoms with Crippen molar-refractivity contribution in [1.29, 1.82) is 5.41 Å². The minimum atomic E-state index is -5.08. The van der Waals surface area contributed by atoms with Gasteiger partial charge in [-0.1, -0.05) is 41.6 Å². The highest BCUT2D eigenvalue weighted by Gasteiger charge is 2.38. The molecule has 2 atom stereocenters. The van der Waals surface area contributed by atoms with Crippen molar-refractivity contribution in [3.8, 4) is 0 Å². The van der Waals surface area contributed by atoms with Crippen molar-refractivity contribution in [2.24, 2.45) is 10.9 Å². The molecule has 0 spiro atoms. The van der Waals surface area contributed by atoms with Crippen LogP contribution in [0, 0.1) is 5.41 Å². The predicted molar refractivity (Wildman–Crippen MR) is 141 cm³/mol. The second-order valence-electron chi connectivity index (χ2n) is 8.21. The zero-order chi connectivity index (χ0) is 31.0. The topological polar surface area (TPSA) is 221 Å². The molecule has 2 aromatic carbocycles. The van der Waals surface area contributed by atoms with Crippen LogP contribution in [-0.4, -0.2) is 72.9 Å². The van der Waals surface area contributed by atoms with Crippen LogP contribution >= 0.6 is 15.9 Å². The number of carbonyl (C=O) groups is 3. The van der Waals surface area contributed by atoms with Gasteiger partial charge in [0.05, 0.1) is 17.0 Å². The van der Waals surface area contributed by atoms with E-state index in [1.165, 1.54) is 18.2 Å². The third-order valence-electron chi connectivity index (χ3n) is 5.14. The van der Waals surface area contributed by atoms with Gasteiger partial charge in [-0.3, -0.25) is 15.0 Å². The smallest absolute Gasteiger partial charge is 0.480 e. The van der Waals surface area contributed by atoms with Crippen LogP contribution in [0.25, 0.3) is 0 Å². The van der Waals surface area contributed by atoms with E-state index < -0.39 is 52.7 Å². The van der Waals surface area contributed by atoms with Crippen LogP contribution in [0.5, 0.6) is 0 Å². The number of rotatable bonds is 10. The number of sulfonamides is 1. The Morgan fingerprint density at radius 2 is 1.73 bits per heavy atom. The Labute approximate surface area is 239 Å². The summed E-state index contributed by atoms with van der Waals surface area (Å²) in [5.74, 6) is -4.76. The number of carbonyl (C=O) groups excluding carboxylic acids is 1. The molecule has 0 saturated carbocycles. The Hall–Kier alpha value is -4.03. The van der Waals surface area contributed by atoms with Gasteiger partial charge >= 0.3 is 18.1 Å². The molecule has 0 saturated heterocycles. The van der Waals surface area contributed by atoms with Crippen LogP contribution < -0.4 is 15.8 Å². The number of carboxylic acids is 2. The summed E-state index contributed by atoms with van der Waals surface area (Å²) < 4.78 is 59.2. The van der Waals surface area contributed by atoms with E-state index in [4.69, 9.17) is 25.9 Å². The molecule has 222 valence electrons. The van der Waals surface area contributed by atoms with Gasteiger partial charge in [0.25, 0.3) is 0 Å². The van der Waals surface area contributed by atoms with Crippen LogP contribution in [0.3, 0.4) is 0 Å². The second kappa shape index (κ2) is 14.0. The zero-order valence-electron chi connectivity index (χ0n) is 20.7. The number of amidine groups is 1. The molecule has 18 heteroatoms. The molecule has 0 bridgehead atoms. The average Bonchev–Trinajstić information content (AvgIpc) is 3.34. The van der Waals surface area contributed by atoms with Gasteiger partial charge in [-0.2, -0.15) is 17.9 Å². The van der Waals surface area contributed by atoms with Crippen molar-refractivity contribution in [3.05, 3.63) is 64.1 Å². The van der Waals surface area contributed by atoms with E-state index in [1.807, 2.05) is 0 Å². The maximum Gasteiger partial charge on any atom is 0.490 e. The first-order valence-electron chi connectivity index (χ1n) is 11.2. The maximum absolute atomic E-state index is 12.5. The fourth-order valence-corrected chi connectivity index (χ4v) is 5.33. The van der Waals surface area contributed by atoms with Gasteiger partial charge in [0.2, 0.25) is 15.9 Å². The molecule has 13 nitrogen and oxygen atoms in total. The molecule has 1 aliphatic rings. The first-order valence-corrected chi connectivity index (χ1v) is 13.5. The van der Waals surface area contributed by atoms with Gasteiger partial charge in [0, 0.05) is 23.0 Å². The summed E-state index contributed by atoms with van der Waals surface area (Å²) in [4.78, 5) is 38.0. The fraction of sp³-hybridized carbons (Fsp3) is 0.261. The highest BCUT2D eigenvalue weighted by molar-refractivity contribution is 9.10. The van der Waals surface area contributed by atoms with Crippen molar-refractivity contribution >= 4 is 55.3 Å². The minimum absolute atomic E-state index is 0.0518. The van der Waals surface area contributed by atoms with Crippen LogP contribution in [0.2, 0.25) is 0 Å². The molecule has 1 amide bonds. The minimum Gasteiger partial charge on any atom is -0.480 e. The number of amides is 1. The quantitative estimate of drug-likeness (QED) is 0.161. The number of aliphatic carboxylic acids is 2. The van der Waals surface area contributed by atoms with E-state index in [9.17, 15) is 36.3 Å². The molecule has 0 aliphatic carbocycles. The fourth-order valence-electron chi connectivity index (χ4n) is 3.14. The molecule has 41 heavy (non-hydrogen) atoms. The number of nitrogen functional groups attached to an aromatic ring is 1. The Morgan fingerprint density at radius 1 is 1.15 bits per heavy atom. The number of nitrogens with two attached hydrogens (primary N) is 1. The molecular weight excluding hydrogens is 643 g/mol. The number of hydrogen-bond acceptors (Lipinski definition) is 8. The van der Waals surface area contributed by atoms with Gasteiger partial charge in [-0.05, 0) is 33.6 Å². The van der Waals surface area contributed by atoms with E-state index in [0.29, 0.717) is 17.7 Å². The van der Waals surface area contributed by atoms with Gasteiger partial charge in [0.1, 0.15) is 18.0 Å². The summed E-state index contributed by atoms with van der Waals surface area (Å²) in [5.41, 5.74) is 7.40. The average molecular weight is 666 g/mol. The maximum atomic E-state index is 12.5. The highest BCUT2D eigenvalue weighted by Crippen LogP contribution is 2.22. The van der Waals surface area contributed by atoms with Gasteiger partial charge in [-0.25, -0.2) is 13.2 Å². The van der Waals surface area contributed by atoms with E-state index in [-0.39, 0.29) is 21.6 Å². The summed E-state index contributed by atoms with van der Waals surface area (Å²) in [6.07, 6.45) is -5.38. The van der Waals surface area contributed by atoms with E-state index >= 15 is 0 Å². The first-order chi connectivity index (χ1) is 19.0. The molecule has 0 unspecified atom stereocenters. The number of nitrogens with one attached hydrogen (secondary N) is 3. The van der Waals surface area contributed by atoms with Crippen molar-refractivity contribution < 1.29 is 51.0 Å². The largest absolute Gasteiger partial charge is 0.490 e. The number of benzene rings is 2. The predicted octanol–water partition coefficient (Wildman–Crippen LogP) is 1.80. The summed E-state index contributed by atoms with van der Waals surface area (Å²) in [7, 11) is -4.15. The summed E-state index contributed by atoms with van der Waals surface area (Å²) in [5, 5.41) is 30.4. The Kier molecular flexibility index (Phi) is 11.4. The van der Waals surface area contributed by atoms with Crippen molar-refractivity contribution in [1.82, 2.24) is 10.0 Å². The molecule has 3 rings (SSSR count). The molecule has 1 heterocycles. The van der Waals surface area contributed by atoms with Crippen LogP contribution in [-0.2, 0) is 29.2 Å². The molecule has 0 radical (unpaired) electrons. The number of hydrogen-bond donors (Lipinski definition) is 6. The molecule has 0 fully saturated rings. The van der Waals surface area contributed by atoms with Gasteiger partial charge in [-0.15, -0.1) is 0 Å². The van der Waals surface area contributed by atoms with Crippen molar-refractivity contribution in [3.63, 3.8) is 0 Å². The standard InChI is InChI=1S/C21H22BrN5O6S.C2HF3O2/c22-15-3-1-2-4-18(15)34(31,32)27-17(21(29)30)11-25-19(28)10-14-9-16(26-33-14)12-5-7-13(8-6-12)20(23)24;3-2(4,5)1(6)7/h1-8,14,17,27H,9-11H2,(H3,23,24)(H,25,28)(H,29,30);(H,6,7)/t14-,17+;/m1./s1. The van der Waals surface area contributed by atoms with Gasteiger partial charge < -0.3 is 26.1 Å². The first kappa shape index (κ1) is 33.2. The number of carboxylic acid groups (broad SMARTS) is 2. The van der Waals surface area contributed by atoms with E-state index in [0.717, 1.165) is 5.56 Å².